The Kier molecular flexibility index (Phi) is 5.02. The number of carboxylic acids is 1. The van der Waals surface area contributed by atoms with Gasteiger partial charge >= 0.3 is 5.97 Å². The van der Waals surface area contributed by atoms with Gasteiger partial charge < -0.3 is 10.4 Å². The quantitative estimate of drug-likeness (QED) is 0.816. The van der Waals surface area contributed by atoms with Crippen molar-refractivity contribution >= 4 is 43.5 Å². The second-order valence-electron chi connectivity index (χ2n) is 3.28. The molecule has 3 nitrogen and oxygen atoms in total. The van der Waals surface area contributed by atoms with E-state index >= 15 is 0 Å². The molecule has 0 radical (unpaired) electrons. The van der Waals surface area contributed by atoms with Crippen molar-refractivity contribution in [1.29, 1.82) is 0 Å². The zero-order valence-electron chi connectivity index (χ0n) is 8.63. The third kappa shape index (κ3) is 3.98. The van der Waals surface area contributed by atoms with Crippen LogP contribution in [0.2, 0.25) is 0 Å². The van der Waals surface area contributed by atoms with Gasteiger partial charge in [-0.05, 0) is 56.5 Å². The van der Waals surface area contributed by atoms with E-state index < -0.39 is 5.97 Å². The zero-order chi connectivity index (χ0) is 12.1. The van der Waals surface area contributed by atoms with Crippen LogP contribution in [-0.2, 0) is 4.79 Å². The van der Waals surface area contributed by atoms with Crippen LogP contribution in [0.15, 0.2) is 38.8 Å². The van der Waals surface area contributed by atoms with Crippen LogP contribution in [0.1, 0.15) is 6.92 Å². The molecule has 0 aliphatic heterocycles. The fourth-order valence-corrected chi connectivity index (χ4v) is 2.44. The number of nitrogens with one attached hydrogen (secondary N) is 1. The lowest BCUT2D eigenvalue weighted by atomic mass is 10.2. The number of para-hydroxylation sites is 1. The molecule has 0 amide bonds. The molecule has 0 saturated heterocycles. The summed E-state index contributed by atoms with van der Waals surface area (Å²) in [4.78, 5) is 10.4. The van der Waals surface area contributed by atoms with Crippen molar-refractivity contribution in [3.05, 3.63) is 38.8 Å². The van der Waals surface area contributed by atoms with Gasteiger partial charge in [0, 0.05) is 21.6 Å². The number of benzene rings is 1. The highest BCUT2D eigenvalue weighted by molar-refractivity contribution is 9.11. The molecule has 1 aromatic carbocycles. The Bertz CT molecular complexity index is 410. The highest BCUT2D eigenvalue weighted by atomic mass is 79.9. The topological polar surface area (TPSA) is 49.3 Å². The maximum Gasteiger partial charge on any atom is 0.328 e. The molecule has 0 atom stereocenters. The highest BCUT2D eigenvalue weighted by Crippen LogP contribution is 2.30. The van der Waals surface area contributed by atoms with E-state index in [1.165, 1.54) is 6.08 Å². The van der Waals surface area contributed by atoms with Crippen molar-refractivity contribution in [2.24, 2.45) is 0 Å². The lowest BCUT2D eigenvalue weighted by Crippen LogP contribution is -2.05. The molecule has 0 bridgehead atoms. The molecule has 0 heterocycles. The molecule has 1 aromatic rings. The Morgan fingerprint density at radius 1 is 1.44 bits per heavy atom. The van der Waals surface area contributed by atoms with Crippen LogP contribution < -0.4 is 5.32 Å². The Morgan fingerprint density at radius 3 is 2.50 bits per heavy atom. The van der Waals surface area contributed by atoms with Crippen molar-refractivity contribution in [1.82, 2.24) is 0 Å². The first-order valence-corrected chi connectivity index (χ1v) is 6.17. The monoisotopic (exact) mass is 347 g/mol. The van der Waals surface area contributed by atoms with Crippen LogP contribution in [0.5, 0.6) is 0 Å². The molecule has 0 aliphatic rings. The van der Waals surface area contributed by atoms with Gasteiger partial charge in [0.05, 0.1) is 5.69 Å². The Balaban J connectivity index is 2.72. The minimum atomic E-state index is -0.925. The van der Waals surface area contributed by atoms with Crippen molar-refractivity contribution in [2.75, 3.05) is 11.9 Å². The maximum atomic E-state index is 10.4. The van der Waals surface area contributed by atoms with Gasteiger partial charge in [-0.1, -0.05) is 6.07 Å². The lowest BCUT2D eigenvalue weighted by Gasteiger charge is -2.10. The summed E-state index contributed by atoms with van der Waals surface area (Å²) in [6.07, 6.45) is 1.19. The Labute approximate surface area is 111 Å². The molecule has 0 spiro atoms. The first-order valence-electron chi connectivity index (χ1n) is 4.58. The van der Waals surface area contributed by atoms with Gasteiger partial charge in [-0.25, -0.2) is 4.79 Å². The van der Waals surface area contributed by atoms with E-state index in [9.17, 15) is 4.79 Å². The number of rotatable bonds is 4. The molecule has 86 valence electrons. The van der Waals surface area contributed by atoms with Gasteiger partial charge in [0.1, 0.15) is 0 Å². The number of hydrogen-bond acceptors (Lipinski definition) is 2. The summed E-state index contributed by atoms with van der Waals surface area (Å²) in [5.41, 5.74) is 1.68. The Morgan fingerprint density at radius 2 is 2.00 bits per heavy atom. The number of anilines is 1. The van der Waals surface area contributed by atoms with E-state index in [4.69, 9.17) is 5.11 Å². The maximum absolute atomic E-state index is 10.4. The van der Waals surface area contributed by atoms with Gasteiger partial charge in [-0.2, -0.15) is 0 Å². The summed E-state index contributed by atoms with van der Waals surface area (Å²) >= 11 is 6.84. The summed E-state index contributed by atoms with van der Waals surface area (Å²) in [5.74, 6) is -0.925. The van der Waals surface area contributed by atoms with Crippen LogP contribution in [-0.4, -0.2) is 17.6 Å². The third-order valence-electron chi connectivity index (χ3n) is 1.88. The van der Waals surface area contributed by atoms with Crippen molar-refractivity contribution in [3.8, 4) is 0 Å². The molecule has 16 heavy (non-hydrogen) atoms. The van der Waals surface area contributed by atoms with E-state index in [2.05, 4.69) is 37.2 Å². The second-order valence-corrected chi connectivity index (χ2v) is 4.99. The van der Waals surface area contributed by atoms with Crippen LogP contribution in [0.4, 0.5) is 5.69 Å². The number of aliphatic carboxylic acids is 1. The minimum Gasteiger partial charge on any atom is -0.478 e. The predicted octanol–water partition coefficient (Wildman–Crippen LogP) is 3.65. The molecule has 2 N–H and O–H groups in total. The molecular weight excluding hydrogens is 338 g/mol. The van der Waals surface area contributed by atoms with Gasteiger partial charge in [-0.3, -0.25) is 0 Å². The molecule has 0 aliphatic carbocycles. The van der Waals surface area contributed by atoms with Crippen LogP contribution in [0.3, 0.4) is 0 Å². The van der Waals surface area contributed by atoms with E-state index in [0.29, 0.717) is 6.54 Å². The van der Waals surface area contributed by atoms with Gasteiger partial charge in [0.15, 0.2) is 0 Å². The molecule has 0 aromatic heterocycles. The summed E-state index contributed by atoms with van der Waals surface area (Å²) in [5, 5.41) is 11.7. The highest BCUT2D eigenvalue weighted by Gasteiger charge is 2.03. The molecule has 0 unspecified atom stereocenters. The Hall–Kier alpha value is -0.810. The van der Waals surface area contributed by atoms with Crippen molar-refractivity contribution in [3.63, 3.8) is 0 Å². The van der Waals surface area contributed by atoms with Gasteiger partial charge in [0.2, 0.25) is 0 Å². The minimum absolute atomic E-state index is 0.494. The van der Waals surface area contributed by atoms with Crippen LogP contribution in [0, 0.1) is 0 Å². The first kappa shape index (κ1) is 13.3. The normalized spacial score (nSPS) is 11.3. The summed E-state index contributed by atoms with van der Waals surface area (Å²) in [6.45, 7) is 2.26. The van der Waals surface area contributed by atoms with E-state index in [0.717, 1.165) is 20.2 Å². The first-order chi connectivity index (χ1) is 7.50. The van der Waals surface area contributed by atoms with Gasteiger partial charge in [-0.15, -0.1) is 0 Å². The summed E-state index contributed by atoms with van der Waals surface area (Å²) < 4.78 is 1.87. The molecule has 1 rings (SSSR count). The fourth-order valence-electron chi connectivity index (χ4n) is 1.16. The number of hydrogen-bond donors (Lipinski definition) is 2. The zero-order valence-corrected chi connectivity index (χ0v) is 11.8. The van der Waals surface area contributed by atoms with Crippen molar-refractivity contribution < 1.29 is 9.90 Å². The third-order valence-corrected chi connectivity index (χ3v) is 3.20. The fraction of sp³-hybridized carbons (Fsp3) is 0.182. The number of carbonyl (C=O) groups is 1. The second kappa shape index (κ2) is 6.06. The van der Waals surface area contributed by atoms with E-state index in [-0.39, 0.29) is 0 Å². The molecular formula is C11H11Br2NO2. The van der Waals surface area contributed by atoms with E-state index in [1.54, 1.807) is 6.92 Å². The average molecular weight is 349 g/mol. The largest absolute Gasteiger partial charge is 0.478 e. The number of halogens is 2. The van der Waals surface area contributed by atoms with Crippen molar-refractivity contribution in [2.45, 2.75) is 6.92 Å². The molecule has 0 fully saturated rings. The van der Waals surface area contributed by atoms with Crippen LogP contribution >= 0.6 is 31.9 Å². The molecule has 0 saturated carbocycles. The smallest absolute Gasteiger partial charge is 0.328 e. The van der Waals surface area contributed by atoms with Gasteiger partial charge in [0.25, 0.3) is 0 Å². The van der Waals surface area contributed by atoms with Crippen LogP contribution in [0.25, 0.3) is 0 Å². The average Bonchev–Trinajstić information content (AvgIpc) is 2.15. The molecule has 5 heteroatoms. The van der Waals surface area contributed by atoms with E-state index in [1.807, 2.05) is 18.2 Å². The SMILES string of the molecule is C/C(=C/C(=O)O)CNc1c(Br)cccc1Br. The predicted molar refractivity (Wildman–Crippen MR) is 71.7 cm³/mol. The summed E-state index contributed by atoms with van der Waals surface area (Å²) in [7, 11) is 0. The standard InChI is InChI=1S/C11H11Br2NO2/c1-7(5-10(15)16)6-14-11-8(12)3-2-4-9(11)13/h2-5,14H,6H2,1H3,(H,15,16)/b7-5-. The number of carboxylic acid groups (broad SMARTS) is 1. The summed E-state index contributed by atoms with van der Waals surface area (Å²) in [6, 6.07) is 5.76. The lowest BCUT2D eigenvalue weighted by molar-refractivity contribution is -0.131.